The highest BCUT2D eigenvalue weighted by molar-refractivity contribution is 5.41. The lowest BCUT2D eigenvalue weighted by Crippen LogP contribution is -2.08. The van der Waals surface area contributed by atoms with E-state index < -0.39 is 0 Å². The minimum Gasteiger partial charge on any atom is -0.330 e. The van der Waals surface area contributed by atoms with E-state index in [1.54, 1.807) is 17.3 Å². The van der Waals surface area contributed by atoms with Crippen molar-refractivity contribution in [3.05, 3.63) is 42.5 Å². The van der Waals surface area contributed by atoms with Crippen LogP contribution in [0.1, 0.15) is 24.8 Å². The van der Waals surface area contributed by atoms with Gasteiger partial charge in [-0.05, 0) is 30.5 Å². The maximum absolute atomic E-state index is 5.60. The molecule has 0 aliphatic carbocycles. The van der Waals surface area contributed by atoms with E-state index >= 15 is 0 Å². The van der Waals surface area contributed by atoms with Crippen LogP contribution in [0.25, 0.3) is 5.69 Å². The van der Waals surface area contributed by atoms with E-state index in [-0.39, 0.29) is 0 Å². The molecule has 0 bridgehead atoms. The van der Waals surface area contributed by atoms with E-state index in [1.165, 1.54) is 5.56 Å². The Bertz CT molecular complexity index is 436. The van der Waals surface area contributed by atoms with E-state index in [0.29, 0.717) is 12.5 Å². The Kier molecular flexibility index (Phi) is 3.31. The Balaban J connectivity index is 2.38. The lowest BCUT2D eigenvalue weighted by Gasteiger charge is -2.15. The van der Waals surface area contributed by atoms with Crippen LogP contribution < -0.4 is 5.73 Å². The molecule has 1 atom stereocenters. The third-order valence-corrected chi connectivity index (χ3v) is 2.73. The topological polar surface area (TPSA) is 56.7 Å². The van der Waals surface area contributed by atoms with Gasteiger partial charge in [-0.2, -0.15) is 5.10 Å². The molecule has 4 heteroatoms. The van der Waals surface area contributed by atoms with Gasteiger partial charge in [0, 0.05) is 0 Å². The molecule has 0 aliphatic heterocycles. The van der Waals surface area contributed by atoms with Crippen molar-refractivity contribution in [1.82, 2.24) is 14.8 Å². The molecule has 0 saturated heterocycles. The first-order chi connectivity index (χ1) is 7.83. The summed E-state index contributed by atoms with van der Waals surface area (Å²) in [5.74, 6) is 0.436. The van der Waals surface area contributed by atoms with Gasteiger partial charge in [0.25, 0.3) is 0 Å². The molecule has 1 aromatic heterocycles. The second kappa shape index (κ2) is 4.90. The molecule has 1 aromatic carbocycles. The molecule has 0 radical (unpaired) electrons. The zero-order valence-corrected chi connectivity index (χ0v) is 9.37. The summed E-state index contributed by atoms with van der Waals surface area (Å²) in [6.45, 7) is 2.88. The van der Waals surface area contributed by atoms with Gasteiger partial charge in [0.05, 0.1) is 5.69 Å². The monoisotopic (exact) mass is 216 g/mol. The average Bonchev–Trinajstić information content (AvgIpc) is 2.83. The molecule has 1 unspecified atom stereocenters. The molecule has 84 valence electrons. The normalized spacial score (nSPS) is 12.6. The molecule has 0 saturated carbocycles. The van der Waals surface area contributed by atoms with Crippen LogP contribution in [0, 0.1) is 0 Å². The summed E-state index contributed by atoms with van der Waals surface area (Å²) < 4.78 is 1.79. The van der Waals surface area contributed by atoms with E-state index in [9.17, 15) is 0 Å². The van der Waals surface area contributed by atoms with Crippen molar-refractivity contribution in [3.63, 3.8) is 0 Å². The summed E-state index contributed by atoms with van der Waals surface area (Å²) >= 11 is 0. The fourth-order valence-electron chi connectivity index (χ4n) is 1.85. The fraction of sp³-hybridized carbons (Fsp3) is 0.333. The number of hydrogen-bond acceptors (Lipinski definition) is 3. The van der Waals surface area contributed by atoms with E-state index in [4.69, 9.17) is 5.73 Å². The average molecular weight is 216 g/mol. The zero-order chi connectivity index (χ0) is 11.4. The van der Waals surface area contributed by atoms with Gasteiger partial charge in [-0.1, -0.05) is 25.1 Å². The van der Waals surface area contributed by atoms with Gasteiger partial charge in [0.1, 0.15) is 12.7 Å². The summed E-state index contributed by atoms with van der Waals surface area (Å²) in [6, 6.07) is 8.23. The number of benzene rings is 1. The maximum Gasteiger partial charge on any atom is 0.138 e. The summed E-state index contributed by atoms with van der Waals surface area (Å²) in [5.41, 5.74) is 7.95. The molecule has 0 fully saturated rings. The van der Waals surface area contributed by atoms with Crippen molar-refractivity contribution in [2.75, 3.05) is 6.54 Å². The Morgan fingerprint density at radius 3 is 2.88 bits per heavy atom. The van der Waals surface area contributed by atoms with Gasteiger partial charge < -0.3 is 5.73 Å². The van der Waals surface area contributed by atoms with Crippen molar-refractivity contribution in [1.29, 1.82) is 0 Å². The minimum absolute atomic E-state index is 0.436. The molecular weight excluding hydrogens is 200 g/mol. The molecule has 2 N–H and O–H groups in total. The highest BCUT2D eigenvalue weighted by Gasteiger charge is 2.10. The van der Waals surface area contributed by atoms with E-state index in [2.05, 4.69) is 29.1 Å². The summed E-state index contributed by atoms with van der Waals surface area (Å²) in [7, 11) is 0. The lowest BCUT2D eigenvalue weighted by atomic mass is 9.96. The van der Waals surface area contributed by atoms with Crippen LogP contribution in [0.2, 0.25) is 0 Å². The van der Waals surface area contributed by atoms with E-state index in [1.807, 2.05) is 12.1 Å². The number of nitrogens with zero attached hydrogens (tertiary/aromatic N) is 3. The SMILES string of the molecule is CC(CCN)c1ccccc1-n1cncn1. The van der Waals surface area contributed by atoms with Gasteiger partial charge in [0.15, 0.2) is 0 Å². The fourth-order valence-corrected chi connectivity index (χ4v) is 1.85. The molecular formula is C12H16N4. The molecule has 2 aromatic rings. The quantitative estimate of drug-likeness (QED) is 0.846. The number of para-hydroxylation sites is 1. The minimum atomic E-state index is 0.436. The van der Waals surface area contributed by atoms with Crippen LogP contribution in [0.15, 0.2) is 36.9 Å². The second-order valence-electron chi connectivity index (χ2n) is 3.88. The summed E-state index contributed by atoms with van der Waals surface area (Å²) in [6.07, 6.45) is 4.24. The van der Waals surface area contributed by atoms with Gasteiger partial charge in [0.2, 0.25) is 0 Å². The predicted molar refractivity (Wildman–Crippen MR) is 63.4 cm³/mol. The van der Waals surface area contributed by atoms with Crippen molar-refractivity contribution in [2.24, 2.45) is 5.73 Å². The molecule has 0 aliphatic rings. The zero-order valence-electron chi connectivity index (χ0n) is 9.37. The van der Waals surface area contributed by atoms with Gasteiger partial charge in [-0.25, -0.2) is 9.67 Å². The second-order valence-corrected chi connectivity index (χ2v) is 3.88. The first kappa shape index (κ1) is 10.8. The van der Waals surface area contributed by atoms with Crippen molar-refractivity contribution in [2.45, 2.75) is 19.3 Å². The Morgan fingerprint density at radius 2 is 2.19 bits per heavy atom. The van der Waals surface area contributed by atoms with E-state index in [0.717, 1.165) is 12.1 Å². The first-order valence-corrected chi connectivity index (χ1v) is 5.47. The van der Waals surface area contributed by atoms with Crippen molar-refractivity contribution >= 4 is 0 Å². The highest BCUT2D eigenvalue weighted by Crippen LogP contribution is 2.24. The largest absolute Gasteiger partial charge is 0.330 e. The number of nitrogens with two attached hydrogens (primary N) is 1. The Morgan fingerprint density at radius 1 is 1.38 bits per heavy atom. The molecule has 1 heterocycles. The number of rotatable bonds is 4. The van der Waals surface area contributed by atoms with Crippen LogP contribution in [0.4, 0.5) is 0 Å². The third kappa shape index (κ3) is 2.12. The molecule has 2 rings (SSSR count). The predicted octanol–water partition coefficient (Wildman–Crippen LogP) is 1.72. The van der Waals surface area contributed by atoms with Gasteiger partial charge in [-0.3, -0.25) is 0 Å². The van der Waals surface area contributed by atoms with Crippen LogP contribution in [0.5, 0.6) is 0 Å². The number of aromatic nitrogens is 3. The molecule has 4 nitrogen and oxygen atoms in total. The third-order valence-electron chi connectivity index (χ3n) is 2.73. The summed E-state index contributed by atoms with van der Waals surface area (Å²) in [4.78, 5) is 3.97. The molecule has 0 spiro atoms. The van der Waals surface area contributed by atoms with Gasteiger partial charge in [-0.15, -0.1) is 0 Å². The van der Waals surface area contributed by atoms with Crippen LogP contribution in [-0.4, -0.2) is 21.3 Å². The van der Waals surface area contributed by atoms with Crippen LogP contribution in [0.3, 0.4) is 0 Å². The van der Waals surface area contributed by atoms with Crippen LogP contribution in [-0.2, 0) is 0 Å². The van der Waals surface area contributed by atoms with Crippen molar-refractivity contribution < 1.29 is 0 Å². The summed E-state index contributed by atoms with van der Waals surface area (Å²) in [5, 5.41) is 4.16. The smallest absolute Gasteiger partial charge is 0.138 e. The molecule has 0 amide bonds. The Labute approximate surface area is 95.1 Å². The standard InChI is InChI=1S/C12H16N4/c1-10(6-7-13)11-4-2-3-5-12(11)16-9-14-8-15-16/h2-5,8-10H,6-7,13H2,1H3. The van der Waals surface area contributed by atoms with Gasteiger partial charge >= 0.3 is 0 Å². The van der Waals surface area contributed by atoms with Crippen LogP contribution >= 0.6 is 0 Å². The molecule has 16 heavy (non-hydrogen) atoms. The number of hydrogen-bond donors (Lipinski definition) is 1. The lowest BCUT2D eigenvalue weighted by molar-refractivity contribution is 0.680. The maximum atomic E-state index is 5.60. The van der Waals surface area contributed by atoms with Crippen molar-refractivity contribution in [3.8, 4) is 5.69 Å². The first-order valence-electron chi connectivity index (χ1n) is 5.47. The highest BCUT2D eigenvalue weighted by atomic mass is 15.3. The Hall–Kier alpha value is -1.68.